The van der Waals surface area contributed by atoms with E-state index in [1.165, 1.54) is 12.1 Å². The highest BCUT2D eigenvalue weighted by Gasteiger charge is 2.20. The van der Waals surface area contributed by atoms with E-state index in [0.29, 0.717) is 5.69 Å². The van der Waals surface area contributed by atoms with E-state index in [-0.39, 0.29) is 28.4 Å². The summed E-state index contributed by atoms with van der Waals surface area (Å²) in [5, 5.41) is 15.4. The van der Waals surface area contributed by atoms with E-state index >= 15 is 0 Å². The number of anilines is 1. The van der Waals surface area contributed by atoms with E-state index in [0.717, 1.165) is 23.5 Å². The molecular weight excluding hydrogens is 401 g/mol. The molecule has 0 atom stereocenters. The first-order chi connectivity index (χ1) is 13.9. The molecule has 1 heterocycles. The third kappa shape index (κ3) is 4.61. The molecule has 1 aromatic heterocycles. The number of carbonyl (C=O) groups is 2. The molecule has 0 radical (unpaired) electrons. The Bertz CT molecular complexity index is 1100. The molecular formula is C19H14FN3O5S. The minimum Gasteiger partial charge on any atom is -0.462 e. The molecule has 29 heavy (non-hydrogen) atoms. The van der Waals surface area contributed by atoms with E-state index in [2.05, 4.69) is 10.3 Å². The summed E-state index contributed by atoms with van der Waals surface area (Å²) < 4.78 is 18.7. The number of halogens is 1. The van der Waals surface area contributed by atoms with Gasteiger partial charge in [-0.1, -0.05) is 12.1 Å². The maximum atomic E-state index is 13.9. The molecule has 3 aromatic rings. The smallest absolute Gasteiger partial charge is 0.338 e. The third-order valence-corrected chi connectivity index (χ3v) is 4.53. The minimum atomic E-state index is -0.777. The van der Waals surface area contributed by atoms with E-state index in [9.17, 15) is 24.1 Å². The van der Waals surface area contributed by atoms with Gasteiger partial charge in [0.15, 0.2) is 5.13 Å². The summed E-state index contributed by atoms with van der Waals surface area (Å²) in [5.41, 5.74) is -0.0204. The predicted octanol–water partition coefficient (Wildman–Crippen LogP) is 4.29. The molecule has 0 saturated heterocycles. The minimum absolute atomic E-state index is 0.0843. The Hall–Kier alpha value is -3.66. The number of thiazole rings is 1. The highest BCUT2D eigenvalue weighted by atomic mass is 32.1. The van der Waals surface area contributed by atoms with E-state index in [1.807, 2.05) is 0 Å². The number of hydrogen-bond donors (Lipinski definition) is 1. The topological polar surface area (TPSA) is 111 Å². The summed E-state index contributed by atoms with van der Waals surface area (Å²) in [6.45, 7) is 1.68. The number of nitro benzene ring substituents is 1. The molecule has 1 amide bonds. The number of esters is 1. The molecule has 0 aliphatic carbocycles. The summed E-state index contributed by atoms with van der Waals surface area (Å²) in [5.74, 6) is -1.93. The molecule has 2 aromatic carbocycles. The zero-order chi connectivity index (χ0) is 21.0. The van der Waals surface area contributed by atoms with Crippen LogP contribution >= 0.6 is 11.3 Å². The maximum absolute atomic E-state index is 13.9. The lowest BCUT2D eigenvalue weighted by Crippen LogP contribution is -2.14. The number of nitrogens with zero attached hydrogens (tertiary/aromatic N) is 2. The number of benzene rings is 2. The lowest BCUT2D eigenvalue weighted by molar-refractivity contribution is -0.384. The average Bonchev–Trinajstić information content (AvgIpc) is 3.16. The van der Waals surface area contributed by atoms with Gasteiger partial charge in [-0.2, -0.15) is 0 Å². The molecule has 8 nitrogen and oxygen atoms in total. The monoisotopic (exact) mass is 415 g/mol. The van der Waals surface area contributed by atoms with Crippen molar-refractivity contribution in [1.29, 1.82) is 0 Å². The zero-order valence-corrected chi connectivity index (χ0v) is 15.9. The number of amides is 1. The van der Waals surface area contributed by atoms with Gasteiger partial charge in [0.2, 0.25) is 0 Å². The maximum Gasteiger partial charge on any atom is 0.338 e. The van der Waals surface area contributed by atoms with Crippen molar-refractivity contribution < 1.29 is 23.6 Å². The van der Waals surface area contributed by atoms with Gasteiger partial charge in [0, 0.05) is 28.6 Å². The SMILES string of the molecule is CCOC(=O)c1cc(C(=O)Nc2nc(-c3ccccc3F)cs2)cc([N+](=O)[O-])c1. The van der Waals surface area contributed by atoms with E-state index < -0.39 is 28.3 Å². The van der Waals surface area contributed by atoms with Crippen molar-refractivity contribution in [3.63, 3.8) is 0 Å². The van der Waals surface area contributed by atoms with Gasteiger partial charge in [-0.25, -0.2) is 14.2 Å². The van der Waals surface area contributed by atoms with Gasteiger partial charge in [-0.05, 0) is 25.1 Å². The van der Waals surface area contributed by atoms with Crippen molar-refractivity contribution in [2.75, 3.05) is 11.9 Å². The first kappa shape index (κ1) is 20.1. The second-order valence-corrected chi connectivity index (χ2v) is 6.58. The van der Waals surface area contributed by atoms with Crippen LogP contribution < -0.4 is 5.32 Å². The van der Waals surface area contributed by atoms with Crippen LogP contribution in [0.3, 0.4) is 0 Å². The second kappa shape index (κ2) is 8.57. The lowest BCUT2D eigenvalue weighted by atomic mass is 10.1. The molecule has 0 unspecified atom stereocenters. The van der Waals surface area contributed by atoms with Crippen molar-refractivity contribution in [2.24, 2.45) is 0 Å². The quantitative estimate of drug-likeness (QED) is 0.365. The number of hydrogen-bond acceptors (Lipinski definition) is 7. The van der Waals surface area contributed by atoms with Crippen LogP contribution in [0.5, 0.6) is 0 Å². The number of ether oxygens (including phenoxy) is 1. The van der Waals surface area contributed by atoms with Gasteiger partial charge in [0.25, 0.3) is 11.6 Å². The standard InChI is InChI=1S/C19H14FN3O5S/c1-2-28-18(25)12-7-11(8-13(9-12)23(26)27)17(24)22-19-21-16(10-29-19)14-5-3-4-6-15(14)20/h3-10H,2H2,1H3,(H,21,22,24). The number of non-ortho nitro benzene ring substituents is 1. The van der Waals surface area contributed by atoms with Gasteiger partial charge in [0.1, 0.15) is 5.82 Å². The molecule has 1 N–H and O–H groups in total. The molecule has 0 fully saturated rings. The third-order valence-electron chi connectivity index (χ3n) is 3.78. The van der Waals surface area contributed by atoms with Crippen LogP contribution in [-0.4, -0.2) is 28.4 Å². The summed E-state index contributed by atoms with van der Waals surface area (Å²) in [4.78, 5) is 39.1. The first-order valence-electron chi connectivity index (χ1n) is 8.37. The van der Waals surface area contributed by atoms with Crippen LogP contribution in [0.25, 0.3) is 11.3 Å². The number of rotatable bonds is 6. The Balaban J connectivity index is 1.86. The molecule has 3 rings (SSSR count). The van der Waals surface area contributed by atoms with Crippen molar-refractivity contribution in [3.05, 3.63) is 74.9 Å². The van der Waals surface area contributed by atoms with Gasteiger partial charge >= 0.3 is 5.97 Å². The molecule has 148 valence electrons. The Kier molecular flexibility index (Phi) is 5.93. The fourth-order valence-corrected chi connectivity index (χ4v) is 3.18. The van der Waals surface area contributed by atoms with Crippen molar-refractivity contribution >= 4 is 34.0 Å². The number of carbonyl (C=O) groups excluding carboxylic acids is 2. The van der Waals surface area contributed by atoms with Crippen molar-refractivity contribution in [2.45, 2.75) is 6.92 Å². The number of nitrogens with one attached hydrogen (secondary N) is 1. The van der Waals surface area contributed by atoms with E-state index in [1.54, 1.807) is 30.5 Å². The summed E-state index contributed by atoms with van der Waals surface area (Å²) >= 11 is 1.07. The largest absolute Gasteiger partial charge is 0.462 e. The predicted molar refractivity (Wildman–Crippen MR) is 105 cm³/mol. The fraction of sp³-hybridized carbons (Fsp3) is 0.105. The molecule has 0 aliphatic rings. The Morgan fingerprint density at radius 3 is 2.66 bits per heavy atom. The van der Waals surface area contributed by atoms with Crippen LogP contribution in [-0.2, 0) is 4.74 Å². The van der Waals surface area contributed by atoms with Gasteiger partial charge in [-0.15, -0.1) is 11.3 Å². The molecule has 0 bridgehead atoms. The van der Waals surface area contributed by atoms with Crippen molar-refractivity contribution in [3.8, 4) is 11.3 Å². The zero-order valence-electron chi connectivity index (χ0n) is 15.0. The highest BCUT2D eigenvalue weighted by molar-refractivity contribution is 7.14. The molecule has 0 spiro atoms. The Labute approximate surface area is 168 Å². The first-order valence-corrected chi connectivity index (χ1v) is 9.25. The Morgan fingerprint density at radius 1 is 1.24 bits per heavy atom. The van der Waals surface area contributed by atoms with Crippen LogP contribution in [0, 0.1) is 15.9 Å². The average molecular weight is 415 g/mol. The van der Waals surface area contributed by atoms with Crippen molar-refractivity contribution in [1.82, 2.24) is 4.98 Å². The van der Waals surface area contributed by atoms with Gasteiger partial charge < -0.3 is 4.74 Å². The molecule has 0 aliphatic heterocycles. The Morgan fingerprint density at radius 2 is 1.97 bits per heavy atom. The normalized spacial score (nSPS) is 10.4. The summed E-state index contributed by atoms with van der Waals surface area (Å²) in [7, 11) is 0. The number of nitro groups is 1. The summed E-state index contributed by atoms with van der Waals surface area (Å²) in [6.07, 6.45) is 0. The van der Waals surface area contributed by atoms with E-state index in [4.69, 9.17) is 4.74 Å². The van der Waals surface area contributed by atoms with Crippen LogP contribution in [0.1, 0.15) is 27.6 Å². The fourth-order valence-electron chi connectivity index (χ4n) is 2.47. The van der Waals surface area contributed by atoms with Gasteiger partial charge in [0.05, 0.1) is 22.8 Å². The molecule has 10 heteroatoms. The van der Waals surface area contributed by atoms with Crippen LogP contribution in [0.15, 0.2) is 47.8 Å². The molecule has 0 saturated carbocycles. The van der Waals surface area contributed by atoms with Crippen LogP contribution in [0.4, 0.5) is 15.2 Å². The lowest BCUT2D eigenvalue weighted by Gasteiger charge is -2.06. The second-order valence-electron chi connectivity index (χ2n) is 5.72. The summed E-state index contributed by atoms with van der Waals surface area (Å²) in [6, 6.07) is 9.35. The highest BCUT2D eigenvalue weighted by Crippen LogP contribution is 2.27. The number of aromatic nitrogens is 1. The van der Waals surface area contributed by atoms with Gasteiger partial charge in [-0.3, -0.25) is 20.2 Å². The van der Waals surface area contributed by atoms with Crippen LogP contribution in [0.2, 0.25) is 0 Å².